The predicted octanol–water partition coefficient (Wildman–Crippen LogP) is 2.83. The Morgan fingerprint density at radius 3 is 2.70 bits per heavy atom. The van der Waals surface area contributed by atoms with Gasteiger partial charge < -0.3 is 10.4 Å². The van der Waals surface area contributed by atoms with Crippen LogP contribution in [-0.4, -0.2) is 17.0 Å². The zero-order valence-electron chi connectivity index (χ0n) is 10.4. The molecule has 0 aliphatic heterocycles. The quantitative estimate of drug-likeness (QED) is 0.891. The van der Waals surface area contributed by atoms with E-state index in [1.165, 1.54) is 29.5 Å². The summed E-state index contributed by atoms with van der Waals surface area (Å²) in [6.07, 6.45) is -0.221. The van der Waals surface area contributed by atoms with Gasteiger partial charge in [0.25, 0.3) is 5.91 Å². The molecule has 2 aromatic rings. The summed E-state index contributed by atoms with van der Waals surface area (Å²) in [5.74, 6) is -2.02. The van der Waals surface area contributed by atoms with Crippen LogP contribution in [-0.2, 0) is 4.79 Å². The number of benzene rings is 1. The topological polar surface area (TPSA) is 66.4 Å². The molecule has 0 spiro atoms. The number of carboxylic acids is 1. The van der Waals surface area contributed by atoms with Crippen molar-refractivity contribution in [1.82, 2.24) is 5.32 Å². The van der Waals surface area contributed by atoms with E-state index in [0.717, 1.165) is 10.9 Å². The van der Waals surface area contributed by atoms with Crippen LogP contribution >= 0.6 is 11.3 Å². The number of hydrogen-bond donors (Lipinski definition) is 2. The van der Waals surface area contributed by atoms with Crippen LogP contribution in [0.25, 0.3) is 0 Å². The van der Waals surface area contributed by atoms with Gasteiger partial charge in [-0.3, -0.25) is 9.59 Å². The van der Waals surface area contributed by atoms with Gasteiger partial charge in [-0.05, 0) is 29.6 Å². The molecule has 1 aromatic carbocycles. The smallest absolute Gasteiger partial charge is 0.305 e. The summed E-state index contributed by atoms with van der Waals surface area (Å²) in [4.78, 5) is 23.6. The minimum atomic E-state index is -1.01. The molecule has 0 saturated carbocycles. The van der Waals surface area contributed by atoms with E-state index < -0.39 is 23.7 Å². The number of nitrogens with one attached hydrogen (secondary N) is 1. The molecule has 2 rings (SSSR count). The third kappa shape index (κ3) is 3.64. The highest BCUT2D eigenvalue weighted by Gasteiger charge is 2.19. The van der Waals surface area contributed by atoms with Crippen LogP contribution in [0, 0.1) is 5.82 Å². The third-order valence-electron chi connectivity index (χ3n) is 2.66. The number of hydrogen-bond acceptors (Lipinski definition) is 3. The number of carbonyl (C=O) groups is 2. The lowest BCUT2D eigenvalue weighted by molar-refractivity contribution is -0.137. The second-order valence-corrected chi connectivity index (χ2v) is 5.13. The average molecular weight is 293 g/mol. The summed E-state index contributed by atoms with van der Waals surface area (Å²) in [5, 5.41) is 13.3. The number of rotatable bonds is 5. The first kappa shape index (κ1) is 14.2. The molecule has 0 fully saturated rings. The van der Waals surface area contributed by atoms with Gasteiger partial charge in [-0.1, -0.05) is 12.1 Å². The Morgan fingerprint density at radius 2 is 2.10 bits per heavy atom. The molecule has 4 nitrogen and oxygen atoms in total. The molecule has 2 N–H and O–H groups in total. The van der Waals surface area contributed by atoms with E-state index >= 15 is 0 Å². The van der Waals surface area contributed by atoms with Crippen LogP contribution in [0.4, 0.5) is 4.39 Å². The summed E-state index contributed by atoms with van der Waals surface area (Å²) in [7, 11) is 0. The lowest BCUT2D eigenvalue weighted by Gasteiger charge is -2.15. The molecular weight excluding hydrogens is 281 g/mol. The van der Waals surface area contributed by atoms with Crippen molar-refractivity contribution in [2.75, 3.05) is 0 Å². The van der Waals surface area contributed by atoms with Crippen molar-refractivity contribution >= 4 is 23.2 Å². The zero-order valence-corrected chi connectivity index (χ0v) is 11.2. The maximum absolute atomic E-state index is 13.1. The molecule has 104 valence electrons. The number of amides is 1. The van der Waals surface area contributed by atoms with Gasteiger partial charge in [0.15, 0.2) is 0 Å². The Labute approximate surface area is 118 Å². The van der Waals surface area contributed by atoms with Gasteiger partial charge >= 0.3 is 5.97 Å². The molecule has 0 saturated heterocycles. The van der Waals surface area contributed by atoms with Crippen LogP contribution in [0.5, 0.6) is 0 Å². The van der Waals surface area contributed by atoms with Crippen molar-refractivity contribution in [2.24, 2.45) is 0 Å². The molecule has 1 amide bonds. The third-order valence-corrected chi connectivity index (χ3v) is 3.64. The molecule has 0 radical (unpaired) electrons. The summed E-state index contributed by atoms with van der Waals surface area (Å²) < 4.78 is 13.1. The first-order valence-electron chi connectivity index (χ1n) is 5.88. The van der Waals surface area contributed by atoms with E-state index in [1.54, 1.807) is 17.5 Å². The lowest BCUT2D eigenvalue weighted by atomic mass is 10.1. The SMILES string of the molecule is O=C(O)CC(NC(=O)c1cccc(F)c1)c1cccs1. The van der Waals surface area contributed by atoms with E-state index in [0.29, 0.717) is 0 Å². The van der Waals surface area contributed by atoms with Gasteiger partial charge in [0.05, 0.1) is 12.5 Å². The molecule has 0 aliphatic rings. The maximum Gasteiger partial charge on any atom is 0.305 e. The van der Waals surface area contributed by atoms with E-state index in [1.807, 2.05) is 0 Å². The Bertz CT molecular complexity index is 613. The highest BCUT2D eigenvalue weighted by molar-refractivity contribution is 7.10. The van der Waals surface area contributed by atoms with Crippen molar-refractivity contribution in [2.45, 2.75) is 12.5 Å². The summed E-state index contributed by atoms with van der Waals surface area (Å²) >= 11 is 1.36. The fraction of sp³-hybridized carbons (Fsp3) is 0.143. The first-order chi connectivity index (χ1) is 9.56. The number of carbonyl (C=O) groups excluding carboxylic acids is 1. The number of carboxylic acid groups (broad SMARTS) is 1. The molecule has 0 bridgehead atoms. The van der Waals surface area contributed by atoms with Crippen LogP contribution in [0.2, 0.25) is 0 Å². The van der Waals surface area contributed by atoms with Crippen LogP contribution in [0.1, 0.15) is 27.7 Å². The van der Waals surface area contributed by atoms with E-state index in [2.05, 4.69) is 5.32 Å². The van der Waals surface area contributed by atoms with Crippen molar-refractivity contribution in [3.8, 4) is 0 Å². The minimum absolute atomic E-state index is 0.164. The first-order valence-corrected chi connectivity index (χ1v) is 6.76. The summed E-state index contributed by atoms with van der Waals surface area (Å²) in [5.41, 5.74) is 0.164. The van der Waals surface area contributed by atoms with E-state index in [4.69, 9.17) is 5.11 Å². The second kappa shape index (κ2) is 6.29. The summed E-state index contributed by atoms with van der Waals surface area (Å²) in [6, 6.07) is 8.18. The molecule has 6 heteroatoms. The Balaban J connectivity index is 2.15. The van der Waals surface area contributed by atoms with Gasteiger partial charge in [-0.25, -0.2) is 4.39 Å². The highest BCUT2D eigenvalue weighted by Crippen LogP contribution is 2.22. The molecular formula is C14H12FNO3S. The van der Waals surface area contributed by atoms with Gasteiger partial charge in [-0.15, -0.1) is 11.3 Å². The predicted molar refractivity (Wildman–Crippen MR) is 73.2 cm³/mol. The Hall–Kier alpha value is -2.21. The fourth-order valence-corrected chi connectivity index (χ4v) is 2.54. The zero-order chi connectivity index (χ0) is 14.5. The van der Waals surface area contributed by atoms with Gasteiger partial charge in [0.2, 0.25) is 0 Å². The van der Waals surface area contributed by atoms with Crippen molar-refractivity contribution in [3.63, 3.8) is 0 Å². The molecule has 0 aliphatic carbocycles. The van der Waals surface area contributed by atoms with Gasteiger partial charge in [0.1, 0.15) is 5.82 Å². The minimum Gasteiger partial charge on any atom is -0.481 e. The molecule has 1 unspecified atom stereocenters. The van der Waals surface area contributed by atoms with Crippen LogP contribution in [0.3, 0.4) is 0 Å². The number of thiophene rings is 1. The van der Waals surface area contributed by atoms with E-state index in [-0.39, 0.29) is 12.0 Å². The second-order valence-electron chi connectivity index (χ2n) is 4.15. The standard InChI is InChI=1S/C14H12FNO3S/c15-10-4-1-3-9(7-10)14(19)16-11(8-13(17)18)12-5-2-6-20-12/h1-7,11H,8H2,(H,16,19)(H,17,18). The fourth-order valence-electron chi connectivity index (χ4n) is 1.76. The van der Waals surface area contributed by atoms with Crippen LogP contribution in [0.15, 0.2) is 41.8 Å². The normalized spacial score (nSPS) is 11.8. The maximum atomic E-state index is 13.1. The van der Waals surface area contributed by atoms with Crippen molar-refractivity contribution < 1.29 is 19.1 Å². The number of halogens is 1. The number of aliphatic carboxylic acids is 1. The van der Waals surface area contributed by atoms with Gasteiger partial charge in [-0.2, -0.15) is 0 Å². The average Bonchev–Trinajstić information content (AvgIpc) is 2.91. The van der Waals surface area contributed by atoms with Crippen molar-refractivity contribution in [3.05, 3.63) is 58.0 Å². The largest absolute Gasteiger partial charge is 0.481 e. The Morgan fingerprint density at radius 1 is 1.30 bits per heavy atom. The molecule has 1 aromatic heterocycles. The van der Waals surface area contributed by atoms with Crippen molar-refractivity contribution in [1.29, 1.82) is 0 Å². The lowest BCUT2D eigenvalue weighted by Crippen LogP contribution is -2.29. The van der Waals surface area contributed by atoms with E-state index in [9.17, 15) is 14.0 Å². The monoisotopic (exact) mass is 293 g/mol. The molecule has 1 atom stereocenters. The Kier molecular flexibility index (Phi) is 4.47. The van der Waals surface area contributed by atoms with Crippen LogP contribution < -0.4 is 5.32 Å². The highest BCUT2D eigenvalue weighted by atomic mass is 32.1. The molecule has 1 heterocycles. The summed E-state index contributed by atoms with van der Waals surface area (Å²) in [6.45, 7) is 0. The van der Waals surface area contributed by atoms with Gasteiger partial charge in [0, 0.05) is 10.4 Å². The molecule has 20 heavy (non-hydrogen) atoms.